The van der Waals surface area contributed by atoms with Crippen LogP contribution in [0.25, 0.3) is 0 Å². The zero-order valence-electron chi connectivity index (χ0n) is 3.77. The molecule has 0 fully saturated rings. The van der Waals surface area contributed by atoms with E-state index < -0.39 is 5.91 Å². The molecular weight excluding hydrogens is 90.1 g/mol. The Kier molecular flexibility index (Phi) is 1.68. The van der Waals surface area contributed by atoms with Gasteiger partial charge in [-0.25, -0.2) is 0 Å². The molecule has 0 bridgehead atoms. The second-order valence-electron chi connectivity index (χ2n) is 0.987. The van der Waals surface area contributed by atoms with Crippen molar-refractivity contribution >= 4 is 5.91 Å². The molecule has 0 saturated carbocycles. The molecule has 0 radical (unpaired) electrons. The van der Waals surface area contributed by atoms with E-state index in [1.54, 1.807) is 0 Å². The van der Waals surface area contributed by atoms with E-state index >= 15 is 0 Å². The second-order valence-corrected chi connectivity index (χ2v) is 0.987. The quantitative estimate of drug-likeness (QED) is 0.351. The van der Waals surface area contributed by atoms with Crippen molar-refractivity contribution in [3.8, 4) is 12.3 Å². The molecule has 0 saturated heterocycles. The molecule has 0 aliphatic carbocycles. The predicted molar refractivity (Wildman–Crippen MR) is 27.2 cm³/mol. The van der Waals surface area contributed by atoms with Crippen molar-refractivity contribution in [2.75, 3.05) is 0 Å². The number of carbonyl (C=O) groups is 1. The van der Waals surface area contributed by atoms with Crippen LogP contribution in [-0.4, -0.2) is 5.91 Å². The number of primary amides is 1. The highest BCUT2D eigenvalue weighted by atomic mass is 16.1. The molecule has 0 aliphatic rings. The molecule has 2 N–H and O–H groups in total. The maximum absolute atomic E-state index is 9.91. The van der Waals surface area contributed by atoms with Gasteiger partial charge in [0.1, 0.15) is 0 Å². The Morgan fingerprint density at radius 2 is 2.29 bits per heavy atom. The van der Waals surface area contributed by atoms with Gasteiger partial charge in [0.2, 0.25) is 0 Å². The summed E-state index contributed by atoms with van der Waals surface area (Å²) >= 11 is 0. The number of nitrogens with two attached hydrogens (primary N) is 1. The van der Waals surface area contributed by atoms with Crippen LogP contribution >= 0.6 is 0 Å². The summed E-state index contributed by atoms with van der Waals surface area (Å²) in [6.45, 7) is 3.16. The maximum Gasteiger partial charge on any atom is 0.256 e. The first-order chi connectivity index (χ1) is 3.18. The van der Waals surface area contributed by atoms with E-state index in [9.17, 15) is 4.79 Å². The maximum atomic E-state index is 9.91. The van der Waals surface area contributed by atoms with Gasteiger partial charge in [-0.1, -0.05) is 12.5 Å². The van der Waals surface area contributed by atoms with Crippen molar-refractivity contribution in [3.05, 3.63) is 12.2 Å². The van der Waals surface area contributed by atoms with Crippen molar-refractivity contribution in [1.29, 1.82) is 0 Å². The summed E-state index contributed by atoms with van der Waals surface area (Å²) in [5, 5.41) is 0. The van der Waals surface area contributed by atoms with E-state index in [4.69, 9.17) is 6.42 Å². The molecule has 0 spiro atoms. The highest BCUT2D eigenvalue weighted by molar-refractivity contribution is 5.95. The smallest absolute Gasteiger partial charge is 0.256 e. The fourth-order valence-corrected chi connectivity index (χ4v) is 0.0711. The van der Waals surface area contributed by atoms with Crippen LogP contribution in [0.3, 0.4) is 0 Å². The van der Waals surface area contributed by atoms with Gasteiger partial charge in [-0.15, -0.1) is 6.42 Å². The molecule has 0 unspecified atom stereocenters. The topological polar surface area (TPSA) is 43.1 Å². The monoisotopic (exact) mass is 95.0 g/mol. The number of amides is 1. The van der Waals surface area contributed by atoms with Crippen LogP contribution in [0.2, 0.25) is 0 Å². The Morgan fingerprint density at radius 3 is 2.29 bits per heavy atom. The van der Waals surface area contributed by atoms with E-state index in [0.717, 1.165) is 0 Å². The van der Waals surface area contributed by atoms with Crippen LogP contribution in [0.1, 0.15) is 0 Å². The standard InChI is InChI=1S/C5H5NO/c1-3-4(2)5(6)7/h1H,2H2,(H2,6,7). The zero-order chi connectivity index (χ0) is 5.86. The SMILES string of the molecule is C#CC(=C)C(N)=O. The molecule has 2 heteroatoms. The molecule has 0 rings (SSSR count). The first-order valence-corrected chi connectivity index (χ1v) is 1.64. The number of carbonyl (C=O) groups excluding carboxylic acids is 1. The lowest BCUT2D eigenvalue weighted by molar-refractivity contribution is -0.114. The first kappa shape index (κ1) is 5.77. The molecule has 36 valence electrons. The lowest BCUT2D eigenvalue weighted by atomic mass is 10.3. The molecule has 0 aromatic rings. The minimum absolute atomic E-state index is 0.0139. The third-order valence-corrected chi connectivity index (χ3v) is 0.472. The zero-order valence-corrected chi connectivity index (χ0v) is 3.77. The highest BCUT2D eigenvalue weighted by Crippen LogP contribution is 1.78. The molecular formula is C5H5NO. The highest BCUT2D eigenvalue weighted by Gasteiger charge is 1.91. The number of terminal acetylenes is 1. The van der Waals surface area contributed by atoms with Crippen molar-refractivity contribution < 1.29 is 4.79 Å². The molecule has 0 heterocycles. The average molecular weight is 95.1 g/mol. The van der Waals surface area contributed by atoms with E-state index in [-0.39, 0.29) is 5.57 Å². The van der Waals surface area contributed by atoms with E-state index in [0.29, 0.717) is 0 Å². The number of hydrogen-bond donors (Lipinski definition) is 1. The van der Waals surface area contributed by atoms with Crippen molar-refractivity contribution in [2.24, 2.45) is 5.73 Å². The fourth-order valence-electron chi connectivity index (χ4n) is 0.0711. The average Bonchev–Trinajstić information content (AvgIpc) is 1.65. The Balaban J connectivity index is 3.90. The summed E-state index contributed by atoms with van der Waals surface area (Å²) < 4.78 is 0. The summed E-state index contributed by atoms with van der Waals surface area (Å²) in [6.07, 6.45) is 4.72. The predicted octanol–water partition coefficient (Wildman–Crippen LogP) is -0.339. The van der Waals surface area contributed by atoms with Crippen molar-refractivity contribution in [1.82, 2.24) is 0 Å². The first-order valence-electron chi connectivity index (χ1n) is 1.64. The molecule has 2 nitrogen and oxygen atoms in total. The van der Waals surface area contributed by atoms with Crippen LogP contribution in [0.15, 0.2) is 12.2 Å². The minimum atomic E-state index is -0.637. The number of rotatable bonds is 1. The summed E-state index contributed by atoms with van der Waals surface area (Å²) in [5.74, 6) is 1.36. The van der Waals surface area contributed by atoms with Crippen LogP contribution in [0.4, 0.5) is 0 Å². The van der Waals surface area contributed by atoms with Crippen LogP contribution in [0, 0.1) is 12.3 Å². The van der Waals surface area contributed by atoms with Crippen molar-refractivity contribution in [2.45, 2.75) is 0 Å². The third-order valence-electron chi connectivity index (χ3n) is 0.472. The van der Waals surface area contributed by atoms with Gasteiger partial charge in [-0.2, -0.15) is 0 Å². The van der Waals surface area contributed by atoms with Crippen LogP contribution < -0.4 is 5.73 Å². The normalized spacial score (nSPS) is 6.71. The van der Waals surface area contributed by atoms with E-state index in [1.165, 1.54) is 0 Å². The van der Waals surface area contributed by atoms with Gasteiger partial charge in [-0.05, 0) is 0 Å². The van der Waals surface area contributed by atoms with Gasteiger partial charge in [0.25, 0.3) is 5.91 Å². The Bertz CT molecular complexity index is 141. The summed E-state index contributed by atoms with van der Waals surface area (Å²) in [7, 11) is 0. The van der Waals surface area contributed by atoms with Gasteiger partial charge in [-0.3, -0.25) is 4.79 Å². The molecule has 0 aromatic carbocycles. The molecule has 0 atom stereocenters. The van der Waals surface area contributed by atoms with E-state index in [2.05, 4.69) is 12.3 Å². The Hall–Kier alpha value is -1.23. The summed E-state index contributed by atoms with van der Waals surface area (Å²) in [4.78, 5) is 9.91. The molecule has 0 aromatic heterocycles. The summed E-state index contributed by atoms with van der Waals surface area (Å²) in [6, 6.07) is 0. The molecule has 7 heavy (non-hydrogen) atoms. The lowest BCUT2D eigenvalue weighted by Crippen LogP contribution is -2.11. The van der Waals surface area contributed by atoms with Gasteiger partial charge in [0, 0.05) is 0 Å². The molecule has 0 aliphatic heterocycles. The summed E-state index contributed by atoms with van der Waals surface area (Å²) in [5.41, 5.74) is 4.68. The van der Waals surface area contributed by atoms with Gasteiger partial charge in [0.15, 0.2) is 0 Å². The number of hydrogen-bond acceptors (Lipinski definition) is 1. The van der Waals surface area contributed by atoms with Crippen LogP contribution in [0.5, 0.6) is 0 Å². The lowest BCUT2D eigenvalue weighted by Gasteiger charge is -1.81. The largest absolute Gasteiger partial charge is 0.365 e. The van der Waals surface area contributed by atoms with Crippen molar-refractivity contribution in [3.63, 3.8) is 0 Å². The van der Waals surface area contributed by atoms with Gasteiger partial charge in [0.05, 0.1) is 5.57 Å². The van der Waals surface area contributed by atoms with Gasteiger partial charge >= 0.3 is 0 Å². The van der Waals surface area contributed by atoms with Crippen LogP contribution in [-0.2, 0) is 4.79 Å². The fraction of sp³-hybridized carbons (Fsp3) is 0. The molecule has 1 amide bonds. The van der Waals surface area contributed by atoms with Gasteiger partial charge < -0.3 is 5.73 Å². The van der Waals surface area contributed by atoms with E-state index in [1.807, 2.05) is 5.92 Å². The Labute approximate surface area is 42.0 Å². The third kappa shape index (κ3) is 1.61. The second kappa shape index (κ2) is 2.04. The minimum Gasteiger partial charge on any atom is -0.365 e. The Morgan fingerprint density at radius 1 is 1.86 bits per heavy atom.